The SMILES string of the molecule is CN(C)CCOCCc1ccc2sccc2c1F. The molecule has 2 aromatic rings. The van der Waals surface area contributed by atoms with E-state index in [1.54, 1.807) is 11.3 Å². The topological polar surface area (TPSA) is 12.5 Å². The molecule has 0 amide bonds. The number of rotatable bonds is 6. The van der Waals surface area contributed by atoms with Crippen molar-refractivity contribution in [3.8, 4) is 0 Å². The average molecular weight is 267 g/mol. The Morgan fingerprint density at radius 2 is 2.06 bits per heavy atom. The van der Waals surface area contributed by atoms with Gasteiger partial charge >= 0.3 is 0 Å². The van der Waals surface area contributed by atoms with Gasteiger partial charge in [0.2, 0.25) is 0 Å². The van der Waals surface area contributed by atoms with Crippen molar-refractivity contribution in [2.45, 2.75) is 6.42 Å². The Balaban J connectivity index is 1.89. The lowest BCUT2D eigenvalue weighted by Gasteiger charge is -2.10. The third-order valence-corrected chi connectivity index (χ3v) is 3.73. The zero-order valence-electron chi connectivity index (χ0n) is 10.8. The zero-order valence-corrected chi connectivity index (χ0v) is 11.6. The van der Waals surface area contributed by atoms with E-state index in [-0.39, 0.29) is 5.82 Å². The van der Waals surface area contributed by atoms with Gasteiger partial charge in [0, 0.05) is 16.6 Å². The predicted molar refractivity (Wildman–Crippen MR) is 74.9 cm³/mol. The third kappa shape index (κ3) is 3.28. The van der Waals surface area contributed by atoms with Crippen LogP contribution in [0, 0.1) is 5.82 Å². The largest absolute Gasteiger partial charge is 0.380 e. The first-order valence-corrected chi connectivity index (χ1v) is 6.93. The van der Waals surface area contributed by atoms with Crippen molar-refractivity contribution in [2.75, 3.05) is 33.9 Å². The van der Waals surface area contributed by atoms with E-state index >= 15 is 0 Å². The molecule has 0 radical (unpaired) electrons. The van der Waals surface area contributed by atoms with Gasteiger partial charge in [-0.2, -0.15) is 0 Å². The summed E-state index contributed by atoms with van der Waals surface area (Å²) in [7, 11) is 4.01. The summed E-state index contributed by atoms with van der Waals surface area (Å²) in [6, 6.07) is 5.69. The lowest BCUT2D eigenvalue weighted by Crippen LogP contribution is -2.18. The van der Waals surface area contributed by atoms with Gasteiger partial charge in [-0.3, -0.25) is 0 Å². The van der Waals surface area contributed by atoms with E-state index in [9.17, 15) is 4.39 Å². The Kier molecular flexibility index (Phi) is 4.69. The average Bonchev–Trinajstić information content (AvgIpc) is 2.80. The van der Waals surface area contributed by atoms with E-state index in [4.69, 9.17) is 4.74 Å². The summed E-state index contributed by atoms with van der Waals surface area (Å²) >= 11 is 1.57. The summed E-state index contributed by atoms with van der Waals surface area (Å²) in [6.45, 7) is 2.15. The van der Waals surface area contributed by atoms with Gasteiger partial charge in [0.05, 0.1) is 13.2 Å². The lowest BCUT2D eigenvalue weighted by molar-refractivity contribution is 0.120. The number of nitrogens with zero attached hydrogens (tertiary/aromatic N) is 1. The number of halogens is 1. The van der Waals surface area contributed by atoms with Crippen LogP contribution in [-0.2, 0) is 11.2 Å². The molecule has 0 bridgehead atoms. The predicted octanol–water partition coefficient (Wildman–Crippen LogP) is 3.16. The number of ether oxygens (including phenoxy) is 1. The van der Waals surface area contributed by atoms with E-state index in [1.807, 2.05) is 37.7 Å². The first kappa shape index (κ1) is 13.5. The van der Waals surface area contributed by atoms with E-state index in [2.05, 4.69) is 4.90 Å². The van der Waals surface area contributed by atoms with Crippen LogP contribution < -0.4 is 0 Å². The van der Waals surface area contributed by atoms with E-state index in [0.717, 1.165) is 22.2 Å². The number of hydrogen-bond donors (Lipinski definition) is 0. The third-order valence-electron chi connectivity index (χ3n) is 2.85. The van der Waals surface area contributed by atoms with Crippen LogP contribution in [0.15, 0.2) is 23.6 Å². The lowest BCUT2D eigenvalue weighted by atomic mass is 10.1. The minimum absolute atomic E-state index is 0.0926. The highest BCUT2D eigenvalue weighted by Crippen LogP contribution is 2.25. The second-order valence-corrected chi connectivity index (χ2v) is 5.48. The van der Waals surface area contributed by atoms with Crippen molar-refractivity contribution < 1.29 is 9.13 Å². The number of thiophene rings is 1. The summed E-state index contributed by atoms with van der Waals surface area (Å²) in [4.78, 5) is 2.07. The Hall–Kier alpha value is -0.970. The Morgan fingerprint density at radius 1 is 1.22 bits per heavy atom. The normalized spacial score (nSPS) is 11.6. The molecule has 2 nitrogen and oxygen atoms in total. The molecule has 4 heteroatoms. The highest BCUT2D eigenvalue weighted by Gasteiger charge is 2.07. The smallest absolute Gasteiger partial charge is 0.135 e. The second-order valence-electron chi connectivity index (χ2n) is 4.54. The van der Waals surface area contributed by atoms with E-state index in [0.29, 0.717) is 19.6 Å². The Bertz CT molecular complexity index is 509. The van der Waals surface area contributed by atoms with Crippen LogP contribution in [0.2, 0.25) is 0 Å². The fraction of sp³-hybridized carbons (Fsp3) is 0.429. The van der Waals surface area contributed by atoms with Gasteiger partial charge < -0.3 is 9.64 Å². The van der Waals surface area contributed by atoms with Crippen LogP contribution in [0.3, 0.4) is 0 Å². The minimum Gasteiger partial charge on any atom is -0.380 e. The van der Waals surface area contributed by atoms with Gasteiger partial charge in [0.25, 0.3) is 0 Å². The van der Waals surface area contributed by atoms with Crippen LogP contribution >= 0.6 is 11.3 Å². The van der Waals surface area contributed by atoms with Crippen LogP contribution in [0.1, 0.15) is 5.56 Å². The maximum absolute atomic E-state index is 14.1. The molecule has 0 N–H and O–H groups in total. The van der Waals surface area contributed by atoms with Gasteiger partial charge in [0.1, 0.15) is 5.82 Å². The second kappa shape index (κ2) is 6.27. The first-order valence-electron chi connectivity index (χ1n) is 6.05. The highest BCUT2D eigenvalue weighted by molar-refractivity contribution is 7.17. The summed E-state index contributed by atoms with van der Waals surface area (Å²) in [5.41, 5.74) is 0.741. The molecule has 0 spiro atoms. The van der Waals surface area contributed by atoms with Crippen LogP contribution in [-0.4, -0.2) is 38.8 Å². The van der Waals surface area contributed by atoms with Gasteiger partial charge in [-0.05, 0) is 43.6 Å². The first-order chi connectivity index (χ1) is 8.68. The van der Waals surface area contributed by atoms with E-state index < -0.39 is 0 Å². The molecule has 0 aliphatic heterocycles. The monoisotopic (exact) mass is 267 g/mol. The maximum atomic E-state index is 14.1. The van der Waals surface area contributed by atoms with Gasteiger partial charge in [-0.15, -0.1) is 11.3 Å². The number of likely N-dealkylation sites (N-methyl/N-ethyl adjacent to an activating group) is 1. The summed E-state index contributed by atoms with van der Waals surface area (Å²) in [6.07, 6.45) is 0.630. The van der Waals surface area contributed by atoms with Gasteiger partial charge in [-0.1, -0.05) is 6.07 Å². The van der Waals surface area contributed by atoms with Gasteiger partial charge in [0.15, 0.2) is 0 Å². The molecular formula is C14H18FNOS. The molecule has 1 heterocycles. The molecule has 0 aliphatic carbocycles. The standard InChI is InChI=1S/C14H18FNOS/c1-16(2)7-9-17-8-5-11-3-4-13-12(14(11)15)6-10-18-13/h3-4,6,10H,5,7-9H2,1-2H3. The van der Waals surface area contributed by atoms with Crippen molar-refractivity contribution in [3.63, 3.8) is 0 Å². The Labute approximate surface area is 111 Å². The fourth-order valence-electron chi connectivity index (χ4n) is 1.78. The molecule has 2 rings (SSSR count). The number of benzene rings is 1. The maximum Gasteiger partial charge on any atom is 0.135 e. The minimum atomic E-state index is -0.0926. The molecule has 0 aliphatic rings. The molecule has 0 fully saturated rings. The van der Waals surface area contributed by atoms with Crippen LogP contribution in [0.25, 0.3) is 10.1 Å². The van der Waals surface area contributed by atoms with Crippen molar-refractivity contribution in [3.05, 3.63) is 35.0 Å². The zero-order chi connectivity index (χ0) is 13.0. The fourth-order valence-corrected chi connectivity index (χ4v) is 2.56. The molecule has 0 unspecified atom stereocenters. The molecule has 1 aromatic heterocycles. The van der Waals surface area contributed by atoms with Crippen molar-refractivity contribution in [1.29, 1.82) is 0 Å². The molecule has 0 atom stereocenters. The molecule has 18 heavy (non-hydrogen) atoms. The quantitative estimate of drug-likeness (QED) is 0.745. The Morgan fingerprint density at radius 3 is 2.83 bits per heavy atom. The molecule has 98 valence electrons. The molecule has 0 saturated heterocycles. The van der Waals surface area contributed by atoms with Gasteiger partial charge in [-0.25, -0.2) is 4.39 Å². The molecular weight excluding hydrogens is 249 g/mol. The van der Waals surface area contributed by atoms with Crippen molar-refractivity contribution in [2.24, 2.45) is 0 Å². The number of hydrogen-bond acceptors (Lipinski definition) is 3. The summed E-state index contributed by atoms with van der Waals surface area (Å²) in [5.74, 6) is -0.0926. The van der Waals surface area contributed by atoms with Crippen molar-refractivity contribution in [1.82, 2.24) is 4.90 Å². The van der Waals surface area contributed by atoms with E-state index in [1.165, 1.54) is 0 Å². The summed E-state index contributed by atoms with van der Waals surface area (Å²) < 4.78 is 20.6. The van der Waals surface area contributed by atoms with Crippen molar-refractivity contribution >= 4 is 21.4 Å². The highest BCUT2D eigenvalue weighted by atomic mass is 32.1. The number of fused-ring (bicyclic) bond motifs is 1. The summed E-state index contributed by atoms with van der Waals surface area (Å²) in [5, 5.41) is 2.65. The molecule has 1 aromatic carbocycles. The van der Waals surface area contributed by atoms with Crippen LogP contribution in [0.4, 0.5) is 4.39 Å². The molecule has 0 saturated carbocycles. The van der Waals surface area contributed by atoms with Crippen LogP contribution in [0.5, 0.6) is 0 Å².